The third kappa shape index (κ3) is 1.96. The maximum absolute atomic E-state index is 11.2. The molecule has 1 unspecified atom stereocenters. The molecule has 0 saturated heterocycles. The Kier molecular flexibility index (Phi) is 2.62. The summed E-state index contributed by atoms with van der Waals surface area (Å²) in [5.74, 6) is 1.63. The van der Waals surface area contributed by atoms with Crippen molar-refractivity contribution in [2.45, 2.75) is 25.9 Å². The van der Waals surface area contributed by atoms with E-state index >= 15 is 0 Å². The zero-order valence-electron chi connectivity index (χ0n) is 8.95. The molecule has 0 aromatic heterocycles. The minimum Gasteiger partial charge on any atom is -0.497 e. The molecular formula is C12H14O3. The number of ether oxygens (including phenoxy) is 2. The SMILES string of the molecule is COc1ccc2c(c1)OC(C(C)=O)CC2. The third-order valence-electron chi connectivity index (χ3n) is 2.67. The monoisotopic (exact) mass is 206 g/mol. The summed E-state index contributed by atoms with van der Waals surface area (Å²) in [6.07, 6.45) is 1.38. The lowest BCUT2D eigenvalue weighted by Gasteiger charge is -2.24. The molecule has 1 aliphatic rings. The predicted molar refractivity (Wildman–Crippen MR) is 56.4 cm³/mol. The molecule has 15 heavy (non-hydrogen) atoms. The molecule has 1 aliphatic heterocycles. The largest absolute Gasteiger partial charge is 0.497 e. The Labute approximate surface area is 89.0 Å². The highest BCUT2D eigenvalue weighted by molar-refractivity contribution is 5.81. The maximum Gasteiger partial charge on any atom is 0.170 e. The van der Waals surface area contributed by atoms with E-state index < -0.39 is 0 Å². The molecular weight excluding hydrogens is 192 g/mol. The third-order valence-corrected chi connectivity index (χ3v) is 2.67. The van der Waals surface area contributed by atoms with Crippen LogP contribution in [-0.4, -0.2) is 19.0 Å². The average Bonchev–Trinajstić information content (AvgIpc) is 2.27. The van der Waals surface area contributed by atoms with Crippen molar-refractivity contribution in [2.75, 3.05) is 7.11 Å². The van der Waals surface area contributed by atoms with E-state index in [1.165, 1.54) is 0 Å². The molecule has 0 N–H and O–H groups in total. The zero-order chi connectivity index (χ0) is 10.8. The van der Waals surface area contributed by atoms with Gasteiger partial charge in [0.05, 0.1) is 7.11 Å². The van der Waals surface area contributed by atoms with Gasteiger partial charge in [-0.05, 0) is 31.4 Å². The van der Waals surface area contributed by atoms with Gasteiger partial charge in [0.15, 0.2) is 11.9 Å². The van der Waals surface area contributed by atoms with Crippen molar-refractivity contribution in [3.63, 3.8) is 0 Å². The lowest BCUT2D eigenvalue weighted by atomic mass is 10.0. The van der Waals surface area contributed by atoms with E-state index in [1.54, 1.807) is 14.0 Å². The molecule has 0 fully saturated rings. The van der Waals surface area contributed by atoms with Gasteiger partial charge in [-0.3, -0.25) is 4.79 Å². The zero-order valence-corrected chi connectivity index (χ0v) is 8.95. The van der Waals surface area contributed by atoms with Crippen molar-refractivity contribution in [3.8, 4) is 11.5 Å². The number of aryl methyl sites for hydroxylation is 1. The Morgan fingerprint density at radius 1 is 1.53 bits per heavy atom. The van der Waals surface area contributed by atoms with E-state index in [0.717, 1.165) is 29.9 Å². The molecule has 3 nitrogen and oxygen atoms in total. The van der Waals surface area contributed by atoms with Crippen LogP contribution in [0.5, 0.6) is 11.5 Å². The highest BCUT2D eigenvalue weighted by atomic mass is 16.5. The number of ketones is 1. The van der Waals surface area contributed by atoms with E-state index in [1.807, 2.05) is 18.2 Å². The summed E-state index contributed by atoms with van der Waals surface area (Å²) in [6, 6.07) is 5.74. The van der Waals surface area contributed by atoms with Crippen LogP contribution >= 0.6 is 0 Å². The lowest BCUT2D eigenvalue weighted by Crippen LogP contribution is -2.29. The first kappa shape index (κ1) is 10.0. The fourth-order valence-corrected chi connectivity index (χ4v) is 1.76. The number of methoxy groups -OCH3 is 1. The minimum atomic E-state index is -0.287. The second kappa shape index (κ2) is 3.93. The molecule has 80 valence electrons. The lowest BCUT2D eigenvalue weighted by molar-refractivity contribution is -0.124. The summed E-state index contributed by atoms with van der Waals surface area (Å²) in [4.78, 5) is 11.2. The summed E-state index contributed by atoms with van der Waals surface area (Å²) in [6.45, 7) is 1.57. The number of hydrogen-bond donors (Lipinski definition) is 0. The molecule has 1 atom stereocenters. The number of carbonyl (C=O) groups is 1. The average molecular weight is 206 g/mol. The Balaban J connectivity index is 2.27. The van der Waals surface area contributed by atoms with Crippen molar-refractivity contribution in [3.05, 3.63) is 23.8 Å². The molecule has 0 aliphatic carbocycles. The van der Waals surface area contributed by atoms with Crippen LogP contribution in [0.15, 0.2) is 18.2 Å². The van der Waals surface area contributed by atoms with E-state index in [2.05, 4.69) is 0 Å². The van der Waals surface area contributed by atoms with E-state index in [4.69, 9.17) is 9.47 Å². The van der Waals surface area contributed by atoms with Gasteiger partial charge in [-0.2, -0.15) is 0 Å². The van der Waals surface area contributed by atoms with Crippen LogP contribution in [0.3, 0.4) is 0 Å². The first-order valence-electron chi connectivity index (χ1n) is 5.04. The van der Waals surface area contributed by atoms with E-state index in [-0.39, 0.29) is 11.9 Å². The second-order valence-corrected chi connectivity index (χ2v) is 3.73. The summed E-state index contributed by atoms with van der Waals surface area (Å²) >= 11 is 0. The molecule has 2 rings (SSSR count). The molecule has 1 heterocycles. The molecule has 0 spiro atoms. The van der Waals surface area contributed by atoms with Gasteiger partial charge in [-0.15, -0.1) is 0 Å². The minimum absolute atomic E-state index is 0.0865. The predicted octanol–water partition coefficient (Wildman–Crippen LogP) is 1.98. The van der Waals surface area contributed by atoms with Crippen LogP contribution in [0.4, 0.5) is 0 Å². The van der Waals surface area contributed by atoms with Crippen molar-refractivity contribution in [1.29, 1.82) is 0 Å². The van der Waals surface area contributed by atoms with Crippen molar-refractivity contribution >= 4 is 5.78 Å². The van der Waals surface area contributed by atoms with Crippen LogP contribution in [0.25, 0.3) is 0 Å². The van der Waals surface area contributed by atoms with Gasteiger partial charge in [-0.25, -0.2) is 0 Å². The quantitative estimate of drug-likeness (QED) is 0.742. The Morgan fingerprint density at radius 2 is 2.33 bits per heavy atom. The molecule has 0 saturated carbocycles. The molecule has 0 amide bonds. The van der Waals surface area contributed by atoms with E-state index in [0.29, 0.717) is 0 Å². The van der Waals surface area contributed by atoms with Crippen molar-refractivity contribution < 1.29 is 14.3 Å². The second-order valence-electron chi connectivity index (χ2n) is 3.73. The Bertz CT molecular complexity index is 384. The number of rotatable bonds is 2. The Hall–Kier alpha value is -1.51. The molecule has 1 aromatic carbocycles. The first-order valence-corrected chi connectivity index (χ1v) is 5.04. The van der Waals surface area contributed by atoms with Crippen LogP contribution in [0.2, 0.25) is 0 Å². The number of hydrogen-bond acceptors (Lipinski definition) is 3. The summed E-state index contributed by atoms with van der Waals surface area (Å²) < 4.78 is 10.7. The van der Waals surface area contributed by atoms with Crippen LogP contribution in [0, 0.1) is 0 Å². The van der Waals surface area contributed by atoms with Crippen LogP contribution in [-0.2, 0) is 11.2 Å². The Morgan fingerprint density at radius 3 is 3.00 bits per heavy atom. The van der Waals surface area contributed by atoms with Crippen LogP contribution in [0.1, 0.15) is 18.9 Å². The van der Waals surface area contributed by atoms with Crippen LogP contribution < -0.4 is 9.47 Å². The maximum atomic E-state index is 11.2. The normalized spacial score (nSPS) is 18.9. The molecule has 0 radical (unpaired) electrons. The fourth-order valence-electron chi connectivity index (χ4n) is 1.76. The van der Waals surface area contributed by atoms with Gasteiger partial charge < -0.3 is 9.47 Å². The summed E-state index contributed by atoms with van der Waals surface area (Å²) in [7, 11) is 1.62. The molecule has 3 heteroatoms. The first-order chi connectivity index (χ1) is 7.20. The van der Waals surface area contributed by atoms with Gasteiger partial charge in [-0.1, -0.05) is 6.07 Å². The van der Waals surface area contributed by atoms with Gasteiger partial charge in [0, 0.05) is 6.07 Å². The fraction of sp³-hybridized carbons (Fsp3) is 0.417. The van der Waals surface area contributed by atoms with Gasteiger partial charge >= 0.3 is 0 Å². The van der Waals surface area contributed by atoms with E-state index in [9.17, 15) is 4.79 Å². The van der Waals surface area contributed by atoms with Crippen molar-refractivity contribution in [1.82, 2.24) is 0 Å². The smallest absolute Gasteiger partial charge is 0.170 e. The number of fused-ring (bicyclic) bond motifs is 1. The van der Waals surface area contributed by atoms with Crippen molar-refractivity contribution in [2.24, 2.45) is 0 Å². The highest BCUT2D eigenvalue weighted by Crippen LogP contribution is 2.31. The number of benzene rings is 1. The molecule has 1 aromatic rings. The standard InChI is InChI=1S/C12H14O3/c1-8(13)11-6-4-9-3-5-10(14-2)7-12(9)15-11/h3,5,7,11H,4,6H2,1-2H3. The summed E-state index contributed by atoms with van der Waals surface area (Å²) in [5.41, 5.74) is 1.15. The topological polar surface area (TPSA) is 35.5 Å². The number of carbonyl (C=O) groups excluding carboxylic acids is 1. The number of Topliss-reactive ketones (excluding diaryl/α,β-unsaturated/α-hetero) is 1. The van der Waals surface area contributed by atoms with Gasteiger partial charge in [0.1, 0.15) is 11.5 Å². The highest BCUT2D eigenvalue weighted by Gasteiger charge is 2.23. The van der Waals surface area contributed by atoms with Gasteiger partial charge in [0.2, 0.25) is 0 Å². The summed E-state index contributed by atoms with van der Waals surface area (Å²) in [5, 5.41) is 0. The van der Waals surface area contributed by atoms with Gasteiger partial charge in [0.25, 0.3) is 0 Å². The molecule has 0 bridgehead atoms.